The number of sulfonamides is 1. The Bertz CT molecular complexity index is 1270. The maximum Gasteiger partial charge on any atom is 0.352 e. The molecule has 3 aromatic carbocycles. The van der Waals surface area contributed by atoms with Crippen molar-refractivity contribution in [1.82, 2.24) is 4.72 Å². The standard InChI is InChI=1S/C21H19N3O4S/c1-24(2)17-11-5-9-14-13(17)8-6-12-18(14)29(27,28)23-19-15-7-3-4-10-16(15)22-20(19)21(25)26/h3-12,19,23H,1-2H3,(H,25,26). The van der Waals surface area contributed by atoms with Gasteiger partial charge in [0.15, 0.2) is 0 Å². The number of para-hydroxylation sites is 1. The fourth-order valence-corrected chi connectivity index (χ4v) is 4.97. The van der Waals surface area contributed by atoms with Gasteiger partial charge in [0.25, 0.3) is 0 Å². The average molecular weight is 409 g/mol. The van der Waals surface area contributed by atoms with E-state index >= 15 is 0 Å². The van der Waals surface area contributed by atoms with Crippen molar-refractivity contribution < 1.29 is 18.3 Å². The molecule has 0 amide bonds. The highest BCUT2D eigenvalue weighted by molar-refractivity contribution is 7.89. The van der Waals surface area contributed by atoms with Gasteiger partial charge in [-0.3, -0.25) is 0 Å². The Balaban J connectivity index is 1.82. The lowest BCUT2D eigenvalue weighted by molar-refractivity contribution is -0.129. The van der Waals surface area contributed by atoms with Crippen LogP contribution in [0.25, 0.3) is 10.8 Å². The Morgan fingerprint density at radius 1 is 1.00 bits per heavy atom. The minimum absolute atomic E-state index is 0.0906. The molecule has 1 aliphatic heterocycles. The van der Waals surface area contributed by atoms with Crippen LogP contribution in [0.3, 0.4) is 0 Å². The molecule has 1 heterocycles. The van der Waals surface area contributed by atoms with Gasteiger partial charge in [-0.05, 0) is 18.2 Å². The summed E-state index contributed by atoms with van der Waals surface area (Å²) < 4.78 is 29.1. The number of anilines is 1. The van der Waals surface area contributed by atoms with Crippen molar-refractivity contribution in [3.05, 3.63) is 66.2 Å². The summed E-state index contributed by atoms with van der Waals surface area (Å²) in [5, 5.41) is 10.9. The smallest absolute Gasteiger partial charge is 0.352 e. The van der Waals surface area contributed by atoms with Gasteiger partial charge in [0.1, 0.15) is 5.71 Å². The average Bonchev–Trinajstić information content (AvgIpc) is 3.05. The number of nitrogens with zero attached hydrogens (tertiary/aromatic N) is 2. The summed E-state index contributed by atoms with van der Waals surface area (Å²) >= 11 is 0. The maximum atomic E-state index is 13.3. The number of nitrogens with one attached hydrogen (secondary N) is 1. The van der Waals surface area contributed by atoms with Gasteiger partial charge in [-0.25, -0.2) is 18.2 Å². The number of aliphatic imine (C=N–C) groups is 1. The van der Waals surface area contributed by atoms with Gasteiger partial charge in [-0.1, -0.05) is 42.5 Å². The van der Waals surface area contributed by atoms with Crippen LogP contribution in [0.15, 0.2) is 70.6 Å². The van der Waals surface area contributed by atoms with Crippen LogP contribution < -0.4 is 9.62 Å². The fourth-order valence-electron chi connectivity index (χ4n) is 3.57. The molecule has 3 aromatic rings. The summed E-state index contributed by atoms with van der Waals surface area (Å²) in [4.78, 5) is 17.8. The number of benzene rings is 3. The monoisotopic (exact) mass is 409 g/mol. The maximum absolute atomic E-state index is 13.3. The third-order valence-corrected chi connectivity index (χ3v) is 6.37. The largest absolute Gasteiger partial charge is 0.477 e. The molecule has 29 heavy (non-hydrogen) atoms. The van der Waals surface area contributed by atoms with Crippen molar-refractivity contribution in [3.8, 4) is 0 Å². The second-order valence-electron chi connectivity index (χ2n) is 6.94. The molecule has 0 saturated carbocycles. The van der Waals surface area contributed by atoms with Crippen molar-refractivity contribution in [3.63, 3.8) is 0 Å². The number of hydrogen-bond donors (Lipinski definition) is 2. The Morgan fingerprint density at radius 2 is 1.69 bits per heavy atom. The topological polar surface area (TPSA) is 99.1 Å². The number of carbonyl (C=O) groups is 1. The lowest BCUT2D eigenvalue weighted by Gasteiger charge is -2.19. The number of carboxylic acid groups (broad SMARTS) is 1. The molecule has 0 radical (unpaired) electrons. The Hall–Kier alpha value is -3.23. The highest BCUT2D eigenvalue weighted by Gasteiger charge is 2.35. The first-order valence-corrected chi connectivity index (χ1v) is 10.4. The minimum Gasteiger partial charge on any atom is -0.477 e. The number of aliphatic carboxylic acids is 1. The van der Waals surface area contributed by atoms with Crippen LogP contribution in [0.5, 0.6) is 0 Å². The molecular formula is C21H19N3O4S. The first-order chi connectivity index (χ1) is 13.8. The number of fused-ring (bicyclic) bond motifs is 2. The van der Waals surface area contributed by atoms with Crippen molar-refractivity contribution in [2.45, 2.75) is 10.9 Å². The van der Waals surface area contributed by atoms with E-state index in [0.717, 1.165) is 11.1 Å². The summed E-state index contributed by atoms with van der Waals surface area (Å²) in [7, 11) is -0.258. The molecule has 0 bridgehead atoms. The van der Waals surface area contributed by atoms with E-state index in [-0.39, 0.29) is 10.6 Å². The van der Waals surface area contributed by atoms with E-state index in [1.807, 2.05) is 31.1 Å². The van der Waals surface area contributed by atoms with Crippen LogP contribution in [-0.4, -0.2) is 39.3 Å². The second-order valence-corrected chi connectivity index (χ2v) is 8.62. The van der Waals surface area contributed by atoms with E-state index < -0.39 is 22.0 Å². The van der Waals surface area contributed by atoms with E-state index in [9.17, 15) is 18.3 Å². The molecule has 1 atom stereocenters. The number of hydrogen-bond acceptors (Lipinski definition) is 5. The molecule has 0 fully saturated rings. The van der Waals surface area contributed by atoms with Gasteiger partial charge < -0.3 is 10.0 Å². The summed E-state index contributed by atoms with van der Waals surface area (Å²) in [6, 6.07) is 16.2. The normalized spacial score (nSPS) is 15.8. The van der Waals surface area contributed by atoms with E-state index in [2.05, 4.69) is 9.71 Å². The number of carboxylic acids is 1. The summed E-state index contributed by atoms with van der Waals surface area (Å²) in [6.07, 6.45) is 0. The predicted molar refractivity (Wildman–Crippen MR) is 113 cm³/mol. The van der Waals surface area contributed by atoms with Gasteiger partial charge in [0.05, 0.1) is 16.6 Å². The Labute approximate surface area is 168 Å². The summed E-state index contributed by atoms with van der Waals surface area (Å²) in [5.74, 6) is -1.26. The summed E-state index contributed by atoms with van der Waals surface area (Å²) in [5.41, 5.74) is 1.61. The summed E-state index contributed by atoms with van der Waals surface area (Å²) in [6.45, 7) is 0. The molecular weight excluding hydrogens is 390 g/mol. The Kier molecular flexibility index (Phi) is 4.60. The zero-order chi connectivity index (χ0) is 20.8. The zero-order valence-electron chi connectivity index (χ0n) is 15.8. The highest BCUT2D eigenvalue weighted by Crippen LogP contribution is 2.36. The van der Waals surface area contributed by atoms with Gasteiger partial charge in [0, 0.05) is 36.1 Å². The predicted octanol–water partition coefficient (Wildman–Crippen LogP) is 3.10. The van der Waals surface area contributed by atoms with Gasteiger partial charge >= 0.3 is 5.97 Å². The van der Waals surface area contributed by atoms with Crippen molar-refractivity contribution >= 4 is 43.9 Å². The molecule has 0 aromatic heterocycles. The first-order valence-electron chi connectivity index (χ1n) is 8.92. The SMILES string of the molecule is CN(C)c1cccc2c(S(=O)(=O)NC3C(C(=O)O)=Nc4ccccc43)cccc12. The van der Waals surface area contributed by atoms with Crippen molar-refractivity contribution in [1.29, 1.82) is 0 Å². The molecule has 4 rings (SSSR count). The quantitative estimate of drug-likeness (QED) is 0.675. The van der Waals surface area contributed by atoms with Crippen molar-refractivity contribution in [2.24, 2.45) is 4.99 Å². The molecule has 2 N–H and O–H groups in total. The lowest BCUT2D eigenvalue weighted by Crippen LogP contribution is -2.35. The molecule has 7 nitrogen and oxygen atoms in total. The minimum atomic E-state index is -4.03. The molecule has 0 saturated heterocycles. The molecule has 0 spiro atoms. The van der Waals surface area contributed by atoms with E-state index in [1.54, 1.807) is 42.5 Å². The number of rotatable bonds is 5. The zero-order valence-corrected chi connectivity index (χ0v) is 16.6. The van der Waals surface area contributed by atoms with Crippen LogP contribution in [0.4, 0.5) is 11.4 Å². The molecule has 1 aliphatic rings. The van der Waals surface area contributed by atoms with Crippen LogP contribution in [0.1, 0.15) is 11.6 Å². The van der Waals surface area contributed by atoms with Gasteiger partial charge in [-0.2, -0.15) is 4.72 Å². The second kappa shape index (κ2) is 6.98. The third kappa shape index (κ3) is 3.26. The third-order valence-electron chi connectivity index (χ3n) is 4.88. The van der Waals surface area contributed by atoms with E-state index in [4.69, 9.17) is 0 Å². The van der Waals surface area contributed by atoms with Crippen LogP contribution in [-0.2, 0) is 14.8 Å². The fraction of sp³-hybridized carbons (Fsp3) is 0.143. The van der Waals surface area contributed by atoms with Gasteiger partial charge in [-0.15, -0.1) is 0 Å². The van der Waals surface area contributed by atoms with Crippen LogP contribution in [0.2, 0.25) is 0 Å². The molecule has 148 valence electrons. The highest BCUT2D eigenvalue weighted by atomic mass is 32.2. The van der Waals surface area contributed by atoms with E-state index in [1.165, 1.54) is 6.07 Å². The molecule has 8 heteroatoms. The molecule has 1 unspecified atom stereocenters. The molecule has 0 aliphatic carbocycles. The van der Waals surface area contributed by atoms with Crippen LogP contribution in [0, 0.1) is 0 Å². The lowest BCUT2D eigenvalue weighted by atomic mass is 10.1. The van der Waals surface area contributed by atoms with Crippen molar-refractivity contribution in [2.75, 3.05) is 19.0 Å². The van der Waals surface area contributed by atoms with Crippen LogP contribution >= 0.6 is 0 Å². The Morgan fingerprint density at radius 3 is 2.41 bits per heavy atom. The van der Waals surface area contributed by atoms with Gasteiger partial charge in [0.2, 0.25) is 10.0 Å². The van der Waals surface area contributed by atoms with E-state index in [0.29, 0.717) is 16.6 Å². The first kappa shape index (κ1) is 19.1.